The second-order valence-corrected chi connectivity index (χ2v) is 4.29. The first-order chi connectivity index (χ1) is 7.15. The number of ether oxygens (including phenoxy) is 1. The standard InChI is InChI=1S/C11H21NO3/c1-9(2)15-11(14)12(7-4-8-13)10-5-3-6-10/h9-10,13H,3-8H2,1-2H3. The van der Waals surface area contributed by atoms with Gasteiger partial charge >= 0.3 is 6.09 Å². The minimum Gasteiger partial charge on any atom is -0.447 e. The zero-order valence-corrected chi connectivity index (χ0v) is 9.61. The first kappa shape index (κ1) is 12.3. The monoisotopic (exact) mass is 215 g/mol. The Balaban J connectivity index is 2.42. The number of hydrogen-bond acceptors (Lipinski definition) is 3. The number of hydrogen-bond donors (Lipinski definition) is 1. The first-order valence-electron chi connectivity index (χ1n) is 5.73. The van der Waals surface area contributed by atoms with E-state index in [-0.39, 0.29) is 18.8 Å². The Morgan fingerprint density at radius 1 is 1.53 bits per heavy atom. The summed E-state index contributed by atoms with van der Waals surface area (Å²) in [6.45, 7) is 4.43. The molecule has 0 radical (unpaired) electrons. The topological polar surface area (TPSA) is 49.8 Å². The van der Waals surface area contributed by atoms with E-state index in [0.717, 1.165) is 12.8 Å². The van der Waals surface area contributed by atoms with Crippen LogP contribution in [0.15, 0.2) is 0 Å². The number of aliphatic hydroxyl groups is 1. The molecule has 0 atom stereocenters. The molecule has 0 spiro atoms. The molecule has 0 saturated heterocycles. The Kier molecular flexibility index (Phi) is 4.88. The van der Waals surface area contributed by atoms with Gasteiger partial charge in [-0.05, 0) is 39.5 Å². The SMILES string of the molecule is CC(C)OC(=O)N(CCCO)C1CCC1. The second kappa shape index (κ2) is 5.95. The van der Waals surface area contributed by atoms with Crippen LogP contribution < -0.4 is 0 Å². The maximum Gasteiger partial charge on any atom is 0.410 e. The normalized spacial score (nSPS) is 16.3. The Morgan fingerprint density at radius 3 is 2.60 bits per heavy atom. The van der Waals surface area contributed by atoms with Crippen molar-refractivity contribution in [1.82, 2.24) is 4.90 Å². The van der Waals surface area contributed by atoms with Gasteiger partial charge in [-0.1, -0.05) is 0 Å². The van der Waals surface area contributed by atoms with Crippen molar-refractivity contribution in [3.63, 3.8) is 0 Å². The molecule has 1 aliphatic carbocycles. The van der Waals surface area contributed by atoms with Crippen LogP contribution in [0.2, 0.25) is 0 Å². The van der Waals surface area contributed by atoms with Gasteiger partial charge in [-0.3, -0.25) is 0 Å². The van der Waals surface area contributed by atoms with E-state index in [9.17, 15) is 4.79 Å². The molecule has 1 rings (SSSR count). The van der Waals surface area contributed by atoms with Gasteiger partial charge in [0.05, 0.1) is 6.10 Å². The van der Waals surface area contributed by atoms with E-state index < -0.39 is 0 Å². The van der Waals surface area contributed by atoms with Gasteiger partial charge in [0.2, 0.25) is 0 Å². The van der Waals surface area contributed by atoms with Crippen LogP contribution in [-0.4, -0.2) is 41.4 Å². The molecule has 0 bridgehead atoms. The molecule has 0 heterocycles. The number of amides is 1. The van der Waals surface area contributed by atoms with Gasteiger partial charge in [0.25, 0.3) is 0 Å². The molecule has 1 aliphatic rings. The minimum atomic E-state index is -0.233. The summed E-state index contributed by atoms with van der Waals surface area (Å²) in [5, 5.41) is 8.77. The Morgan fingerprint density at radius 2 is 2.20 bits per heavy atom. The number of rotatable bonds is 5. The molecule has 0 aromatic rings. The Hall–Kier alpha value is -0.770. The third-order valence-electron chi connectivity index (χ3n) is 2.64. The van der Waals surface area contributed by atoms with Crippen LogP contribution in [0.1, 0.15) is 39.5 Å². The van der Waals surface area contributed by atoms with E-state index >= 15 is 0 Å². The third-order valence-corrected chi connectivity index (χ3v) is 2.64. The molecule has 4 heteroatoms. The molecule has 0 aromatic heterocycles. The van der Waals surface area contributed by atoms with E-state index in [2.05, 4.69) is 0 Å². The highest BCUT2D eigenvalue weighted by atomic mass is 16.6. The number of carbonyl (C=O) groups excluding carboxylic acids is 1. The summed E-state index contributed by atoms with van der Waals surface area (Å²) in [5.41, 5.74) is 0. The van der Waals surface area contributed by atoms with Gasteiger partial charge in [-0.25, -0.2) is 4.79 Å². The highest BCUT2D eigenvalue weighted by Gasteiger charge is 2.29. The summed E-state index contributed by atoms with van der Waals surface area (Å²) in [5.74, 6) is 0. The summed E-state index contributed by atoms with van der Waals surface area (Å²) >= 11 is 0. The Labute approximate surface area is 91.2 Å². The van der Waals surface area contributed by atoms with Crippen LogP contribution in [0, 0.1) is 0 Å². The van der Waals surface area contributed by atoms with Gasteiger partial charge in [0.15, 0.2) is 0 Å². The van der Waals surface area contributed by atoms with E-state index in [1.807, 2.05) is 13.8 Å². The smallest absolute Gasteiger partial charge is 0.410 e. The van der Waals surface area contributed by atoms with Crippen molar-refractivity contribution >= 4 is 6.09 Å². The second-order valence-electron chi connectivity index (χ2n) is 4.29. The van der Waals surface area contributed by atoms with E-state index in [1.165, 1.54) is 6.42 Å². The summed E-state index contributed by atoms with van der Waals surface area (Å²) < 4.78 is 5.17. The van der Waals surface area contributed by atoms with Crippen molar-refractivity contribution in [3.05, 3.63) is 0 Å². The predicted molar refractivity (Wildman–Crippen MR) is 57.7 cm³/mol. The predicted octanol–water partition coefficient (Wildman–Crippen LogP) is 1.77. The maximum absolute atomic E-state index is 11.7. The maximum atomic E-state index is 11.7. The van der Waals surface area contributed by atoms with Crippen molar-refractivity contribution in [2.24, 2.45) is 0 Å². The molecular formula is C11H21NO3. The van der Waals surface area contributed by atoms with E-state index in [1.54, 1.807) is 4.90 Å². The molecule has 4 nitrogen and oxygen atoms in total. The summed E-state index contributed by atoms with van der Waals surface area (Å²) in [4.78, 5) is 13.5. The highest BCUT2D eigenvalue weighted by molar-refractivity contribution is 5.68. The molecule has 0 aliphatic heterocycles. The third kappa shape index (κ3) is 3.70. The summed E-state index contributed by atoms with van der Waals surface area (Å²) in [6.07, 6.45) is 3.65. The number of carbonyl (C=O) groups is 1. The molecule has 0 unspecified atom stereocenters. The average molecular weight is 215 g/mol. The van der Waals surface area contributed by atoms with Crippen molar-refractivity contribution in [2.45, 2.75) is 51.7 Å². The van der Waals surface area contributed by atoms with E-state index in [0.29, 0.717) is 19.0 Å². The van der Waals surface area contributed by atoms with Crippen LogP contribution in [0.5, 0.6) is 0 Å². The molecule has 88 valence electrons. The summed E-state index contributed by atoms with van der Waals surface area (Å²) in [6, 6.07) is 0.336. The van der Waals surface area contributed by atoms with Gasteiger partial charge < -0.3 is 14.7 Å². The van der Waals surface area contributed by atoms with E-state index in [4.69, 9.17) is 9.84 Å². The minimum absolute atomic E-state index is 0.0748. The zero-order chi connectivity index (χ0) is 11.3. The van der Waals surface area contributed by atoms with Crippen LogP contribution in [0.4, 0.5) is 4.79 Å². The van der Waals surface area contributed by atoms with Crippen molar-refractivity contribution in [1.29, 1.82) is 0 Å². The molecule has 1 fully saturated rings. The van der Waals surface area contributed by atoms with Crippen LogP contribution in [0.25, 0.3) is 0 Å². The largest absolute Gasteiger partial charge is 0.447 e. The first-order valence-corrected chi connectivity index (χ1v) is 5.73. The fourth-order valence-electron chi connectivity index (χ4n) is 1.63. The van der Waals surface area contributed by atoms with Crippen molar-refractivity contribution < 1.29 is 14.6 Å². The molecule has 1 N–H and O–H groups in total. The fraction of sp³-hybridized carbons (Fsp3) is 0.909. The lowest BCUT2D eigenvalue weighted by molar-refractivity contribution is 0.0456. The number of aliphatic hydroxyl groups excluding tert-OH is 1. The lowest BCUT2D eigenvalue weighted by Gasteiger charge is -2.37. The van der Waals surface area contributed by atoms with Crippen molar-refractivity contribution in [2.75, 3.05) is 13.2 Å². The number of nitrogens with zero attached hydrogens (tertiary/aromatic N) is 1. The lowest BCUT2D eigenvalue weighted by Crippen LogP contribution is -2.45. The fourth-order valence-corrected chi connectivity index (χ4v) is 1.63. The molecule has 1 saturated carbocycles. The van der Waals surface area contributed by atoms with Gasteiger partial charge in [-0.15, -0.1) is 0 Å². The quantitative estimate of drug-likeness (QED) is 0.760. The molecule has 0 aromatic carbocycles. The van der Waals surface area contributed by atoms with Crippen LogP contribution in [-0.2, 0) is 4.74 Å². The van der Waals surface area contributed by atoms with Gasteiger partial charge in [0.1, 0.15) is 0 Å². The lowest BCUT2D eigenvalue weighted by atomic mass is 9.91. The van der Waals surface area contributed by atoms with Gasteiger partial charge in [0, 0.05) is 19.2 Å². The molecule has 15 heavy (non-hydrogen) atoms. The van der Waals surface area contributed by atoms with Crippen molar-refractivity contribution in [3.8, 4) is 0 Å². The summed E-state index contributed by atoms with van der Waals surface area (Å²) in [7, 11) is 0. The Bertz CT molecular complexity index is 202. The molecular weight excluding hydrogens is 194 g/mol. The van der Waals surface area contributed by atoms with Gasteiger partial charge in [-0.2, -0.15) is 0 Å². The molecule has 1 amide bonds. The zero-order valence-electron chi connectivity index (χ0n) is 9.61. The average Bonchev–Trinajstić information content (AvgIpc) is 2.07. The van der Waals surface area contributed by atoms with Crippen LogP contribution >= 0.6 is 0 Å². The van der Waals surface area contributed by atoms with Crippen LogP contribution in [0.3, 0.4) is 0 Å². The highest BCUT2D eigenvalue weighted by Crippen LogP contribution is 2.25.